The first kappa shape index (κ1) is 17.1. The van der Waals surface area contributed by atoms with Crippen molar-refractivity contribution in [2.75, 3.05) is 31.1 Å². The number of nitrogens with zero attached hydrogens (tertiary/aromatic N) is 3. The Kier molecular flexibility index (Phi) is 5.27. The first-order valence-electron chi connectivity index (χ1n) is 8.02. The maximum atomic E-state index is 12.6. The molecule has 1 aromatic carbocycles. The van der Waals surface area contributed by atoms with Gasteiger partial charge in [0.1, 0.15) is 5.82 Å². The third-order valence-corrected chi connectivity index (χ3v) is 4.75. The summed E-state index contributed by atoms with van der Waals surface area (Å²) in [4.78, 5) is 20.9. The standard InChI is InChI=1S/C18H19Cl2N3O/c1-2-13-3-5-14(6-4-13)18(24)23-9-7-22(8-10-23)17-16(20)11-15(19)12-21-17/h3-6,11-12H,2,7-10H2,1H3. The zero-order chi connectivity index (χ0) is 17.1. The summed E-state index contributed by atoms with van der Waals surface area (Å²) in [5.74, 6) is 0.799. The molecule has 0 atom stereocenters. The Morgan fingerprint density at radius 2 is 1.79 bits per heavy atom. The molecule has 2 aromatic rings. The monoisotopic (exact) mass is 363 g/mol. The molecule has 0 radical (unpaired) electrons. The van der Waals surface area contributed by atoms with Gasteiger partial charge in [-0.3, -0.25) is 4.79 Å². The fourth-order valence-electron chi connectivity index (χ4n) is 2.83. The van der Waals surface area contributed by atoms with Crippen LogP contribution in [0.25, 0.3) is 0 Å². The second kappa shape index (κ2) is 7.41. The van der Waals surface area contributed by atoms with E-state index in [-0.39, 0.29) is 5.91 Å². The van der Waals surface area contributed by atoms with Crippen LogP contribution in [0.3, 0.4) is 0 Å². The van der Waals surface area contributed by atoms with Crippen LogP contribution in [0.1, 0.15) is 22.8 Å². The topological polar surface area (TPSA) is 36.4 Å². The lowest BCUT2D eigenvalue weighted by Crippen LogP contribution is -2.49. The Morgan fingerprint density at radius 3 is 2.38 bits per heavy atom. The summed E-state index contributed by atoms with van der Waals surface area (Å²) in [5, 5.41) is 1.06. The second-order valence-corrected chi connectivity index (χ2v) is 6.63. The molecule has 1 aliphatic heterocycles. The quantitative estimate of drug-likeness (QED) is 0.829. The predicted molar refractivity (Wildman–Crippen MR) is 98.2 cm³/mol. The fraction of sp³-hybridized carbons (Fsp3) is 0.333. The minimum atomic E-state index is 0.0764. The van der Waals surface area contributed by atoms with Gasteiger partial charge >= 0.3 is 0 Å². The van der Waals surface area contributed by atoms with E-state index in [0.717, 1.165) is 17.8 Å². The number of hydrogen-bond donors (Lipinski definition) is 0. The van der Waals surface area contributed by atoms with Crippen LogP contribution in [0, 0.1) is 0 Å². The third kappa shape index (κ3) is 3.65. The van der Waals surface area contributed by atoms with Crippen molar-refractivity contribution in [3.8, 4) is 0 Å². The summed E-state index contributed by atoms with van der Waals surface area (Å²) in [7, 11) is 0. The fourth-order valence-corrected chi connectivity index (χ4v) is 3.33. The zero-order valence-corrected chi connectivity index (χ0v) is 15.0. The lowest BCUT2D eigenvalue weighted by atomic mass is 10.1. The number of aryl methyl sites for hydroxylation is 1. The van der Waals surface area contributed by atoms with Crippen LogP contribution in [0.5, 0.6) is 0 Å². The molecule has 2 heterocycles. The van der Waals surface area contributed by atoms with Gasteiger partial charge < -0.3 is 9.80 Å². The van der Waals surface area contributed by atoms with Crippen LogP contribution >= 0.6 is 23.2 Å². The average molecular weight is 364 g/mol. The zero-order valence-electron chi connectivity index (χ0n) is 13.5. The van der Waals surface area contributed by atoms with Gasteiger partial charge in [0.2, 0.25) is 0 Å². The number of rotatable bonds is 3. The highest BCUT2D eigenvalue weighted by Gasteiger charge is 2.24. The number of carbonyl (C=O) groups excluding carboxylic acids is 1. The molecule has 24 heavy (non-hydrogen) atoms. The van der Waals surface area contributed by atoms with Gasteiger partial charge in [-0.25, -0.2) is 4.98 Å². The van der Waals surface area contributed by atoms with Crippen molar-refractivity contribution in [1.82, 2.24) is 9.88 Å². The molecule has 4 nitrogen and oxygen atoms in total. The van der Waals surface area contributed by atoms with Crippen molar-refractivity contribution >= 4 is 34.9 Å². The first-order valence-corrected chi connectivity index (χ1v) is 8.78. The van der Waals surface area contributed by atoms with Gasteiger partial charge in [0.25, 0.3) is 5.91 Å². The van der Waals surface area contributed by atoms with Crippen LogP contribution in [0.2, 0.25) is 10.0 Å². The number of halogens is 2. The Bertz CT molecular complexity index is 726. The molecule has 0 N–H and O–H groups in total. The first-order chi connectivity index (χ1) is 11.6. The molecule has 1 saturated heterocycles. The summed E-state index contributed by atoms with van der Waals surface area (Å²) in [6.07, 6.45) is 2.57. The molecule has 0 bridgehead atoms. The Hall–Kier alpha value is -1.78. The molecule has 0 spiro atoms. The summed E-state index contributed by atoms with van der Waals surface area (Å²) in [5.41, 5.74) is 1.98. The van der Waals surface area contributed by atoms with Gasteiger partial charge in [-0.1, -0.05) is 42.3 Å². The van der Waals surface area contributed by atoms with Gasteiger partial charge in [-0.15, -0.1) is 0 Å². The molecule has 0 saturated carbocycles. The van der Waals surface area contributed by atoms with E-state index in [1.165, 1.54) is 5.56 Å². The van der Waals surface area contributed by atoms with E-state index >= 15 is 0 Å². The number of amides is 1. The number of pyridine rings is 1. The summed E-state index contributed by atoms with van der Waals surface area (Å²) >= 11 is 12.1. The van der Waals surface area contributed by atoms with E-state index in [1.807, 2.05) is 29.2 Å². The Labute approximate surface area is 152 Å². The Balaban J connectivity index is 1.64. The molecular weight excluding hydrogens is 345 g/mol. The minimum absolute atomic E-state index is 0.0764. The van der Waals surface area contributed by atoms with E-state index < -0.39 is 0 Å². The lowest BCUT2D eigenvalue weighted by Gasteiger charge is -2.35. The van der Waals surface area contributed by atoms with E-state index in [9.17, 15) is 4.79 Å². The maximum absolute atomic E-state index is 12.6. The number of aromatic nitrogens is 1. The number of benzene rings is 1. The molecule has 6 heteroatoms. The summed E-state index contributed by atoms with van der Waals surface area (Å²) < 4.78 is 0. The predicted octanol–water partition coefficient (Wildman–Crippen LogP) is 3.91. The smallest absolute Gasteiger partial charge is 0.253 e. The lowest BCUT2D eigenvalue weighted by molar-refractivity contribution is 0.0746. The van der Waals surface area contributed by atoms with Crippen molar-refractivity contribution in [2.24, 2.45) is 0 Å². The average Bonchev–Trinajstić information content (AvgIpc) is 2.61. The molecule has 0 aliphatic carbocycles. The highest BCUT2D eigenvalue weighted by Crippen LogP contribution is 2.27. The van der Waals surface area contributed by atoms with Crippen LogP contribution in [-0.4, -0.2) is 42.0 Å². The number of carbonyl (C=O) groups is 1. The number of piperazine rings is 1. The molecular formula is C18H19Cl2N3O. The van der Waals surface area contributed by atoms with E-state index in [1.54, 1.807) is 12.3 Å². The Morgan fingerprint density at radius 1 is 1.12 bits per heavy atom. The van der Waals surface area contributed by atoms with Crippen LogP contribution < -0.4 is 4.90 Å². The maximum Gasteiger partial charge on any atom is 0.253 e. The van der Waals surface area contributed by atoms with Crippen molar-refractivity contribution in [1.29, 1.82) is 0 Å². The highest BCUT2D eigenvalue weighted by atomic mass is 35.5. The van der Waals surface area contributed by atoms with E-state index in [2.05, 4.69) is 16.8 Å². The van der Waals surface area contributed by atoms with Crippen molar-refractivity contribution in [2.45, 2.75) is 13.3 Å². The largest absolute Gasteiger partial charge is 0.352 e. The van der Waals surface area contributed by atoms with Gasteiger partial charge in [-0.05, 0) is 30.2 Å². The molecule has 0 unspecified atom stereocenters. The molecule has 1 aliphatic rings. The van der Waals surface area contributed by atoms with E-state index in [0.29, 0.717) is 36.2 Å². The molecule has 126 valence electrons. The van der Waals surface area contributed by atoms with Crippen molar-refractivity contribution in [3.05, 3.63) is 57.7 Å². The van der Waals surface area contributed by atoms with Gasteiger partial charge in [0.15, 0.2) is 0 Å². The van der Waals surface area contributed by atoms with Gasteiger partial charge in [-0.2, -0.15) is 0 Å². The normalized spacial score (nSPS) is 14.8. The van der Waals surface area contributed by atoms with Crippen LogP contribution in [-0.2, 0) is 6.42 Å². The van der Waals surface area contributed by atoms with Gasteiger partial charge in [0.05, 0.1) is 10.0 Å². The molecule has 3 rings (SSSR count). The van der Waals surface area contributed by atoms with Crippen molar-refractivity contribution < 1.29 is 4.79 Å². The molecule has 1 amide bonds. The molecule has 1 fully saturated rings. The number of hydrogen-bond acceptors (Lipinski definition) is 3. The summed E-state index contributed by atoms with van der Waals surface area (Å²) in [6.45, 7) is 4.80. The second-order valence-electron chi connectivity index (χ2n) is 5.79. The van der Waals surface area contributed by atoms with Crippen LogP contribution in [0.4, 0.5) is 5.82 Å². The van der Waals surface area contributed by atoms with Crippen molar-refractivity contribution in [3.63, 3.8) is 0 Å². The highest BCUT2D eigenvalue weighted by molar-refractivity contribution is 6.36. The number of anilines is 1. The molecule has 1 aromatic heterocycles. The van der Waals surface area contributed by atoms with Crippen LogP contribution in [0.15, 0.2) is 36.5 Å². The summed E-state index contributed by atoms with van der Waals surface area (Å²) in [6, 6.07) is 9.54. The van der Waals surface area contributed by atoms with Gasteiger partial charge in [0, 0.05) is 37.9 Å². The minimum Gasteiger partial charge on any atom is -0.352 e. The third-order valence-electron chi connectivity index (χ3n) is 4.26. The SMILES string of the molecule is CCc1ccc(C(=O)N2CCN(c3ncc(Cl)cc3Cl)CC2)cc1. The van der Waals surface area contributed by atoms with E-state index in [4.69, 9.17) is 23.2 Å².